The monoisotopic (exact) mass is 473 g/mol. The van der Waals surface area contributed by atoms with E-state index < -0.39 is 47.1 Å². The van der Waals surface area contributed by atoms with Gasteiger partial charge in [-0.2, -0.15) is 13.2 Å². The normalized spacial score (nSPS) is 29.5. The van der Waals surface area contributed by atoms with Crippen molar-refractivity contribution >= 4 is 18.7 Å². The first-order chi connectivity index (χ1) is 15.7. The number of benzene rings is 2. The molecular formula is C25H27BF3NO4. The first-order valence-electron chi connectivity index (χ1n) is 11.4. The van der Waals surface area contributed by atoms with Crippen LogP contribution >= 0.6 is 0 Å². The second-order valence-electron chi connectivity index (χ2n) is 10.4. The molecule has 1 amide bonds. The van der Waals surface area contributed by atoms with Crippen LogP contribution in [0, 0.1) is 0 Å². The molecule has 2 aromatic carbocycles. The average molecular weight is 473 g/mol. The number of carbonyl (C=O) groups excluding carboxylic acids is 1. The molecule has 3 heterocycles. The van der Waals surface area contributed by atoms with E-state index in [1.165, 1.54) is 6.07 Å². The second-order valence-corrected chi connectivity index (χ2v) is 10.4. The Hall–Kier alpha value is -2.36. The smallest absolute Gasteiger partial charge is 0.403 e. The molecule has 0 aliphatic carbocycles. The SMILES string of the molecule is CC1(C)OB(C[C@]2(c3ccccc3)c3ccc(C(F)(F)F)cc3N3C(=O)CC[C@@]32O)OC1(C)C. The number of halogens is 3. The molecular weight excluding hydrogens is 446 g/mol. The maximum Gasteiger partial charge on any atom is 0.459 e. The molecule has 5 rings (SSSR count). The predicted molar refractivity (Wildman–Crippen MR) is 121 cm³/mol. The van der Waals surface area contributed by atoms with Crippen LogP contribution in [0.4, 0.5) is 18.9 Å². The van der Waals surface area contributed by atoms with Crippen molar-refractivity contribution in [3.63, 3.8) is 0 Å². The van der Waals surface area contributed by atoms with Crippen LogP contribution in [0.2, 0.25) is 6.32 Å². The van der Waals surface area contributed by atoms with E-state index in [1.807, 2.05) is 58.0 Å². The number of fused-ring (bicyclic) bond motifs is 3. The summed E-state index contributed by atoms with van der Waals surface area (Å²) in [5.74, 6) is -0.408. The van der Waals surface area contributed by atoms with Crippen LogP contribution in [0.3, 0.4) is 0 Å². The highest BCUT2D eigenvalue weighted by Gasteiger charge is 2.68. The number of hydrogen-bond donors (Lipinski definition) is 1. The van der Waals surface area contributed by atoms with Crippen LogP contribution in [0.15, 0.2) is 48.5 Å². The summed E-state index contributed by atoms with van der Waals surface area (Å²) in [5, 5.41) is 12.2. The summed E-state index contributed by atoms with van der Waals surface area (Å²) in [6.45, 7) is 7.67. The number of rotatable bonds is 3. The van der Waals surface area contributed by atoms with Gasteiger partial charge in [-0.1, -0.05) is 36.4 Å². The van der Waals surface area contributed by atoms with Crippen molar-refractivity contribution in [3.05, 3.63) is 65.2 Å². The third kappa shape index (κ3) is 3.03. The molecule has 3 aliphatic rings. The van der Waals surface area contributed by atoms with E-state index in [1.54, 1.807) is 0 Å². The molecule has 2 saturated heterocycles. The van der Waals surface area contributed by atoms with Crippen LogP contribution in [0.5, 0.6) is 0 Å². The Morgan fingerprint density at radius 3 is 2.24 bits per heavy atom. The summed E-state index contributed by atoms with van der Waals surface area (Å²) in [5.41, 5.74) is -3.92. The summed E-state index contributed by atoms with van der Waals surface area (Å²) in [6.07, 6.45) is -4.34. The minimum Gasteiger partial charge on any atom is -0.403 e. The number of amides is 1. The molecule has 1 N–H and O–H groups in total. The third-order valence-electron chi connectivity index (χ3n) is 8.06. The van der Waals surface area contributed by atoms with Crippen molar-refractivity contribution in [1.82, 2.24) is 0 Å². The number of nitrogens with zero attached hydrogens (tertiary/aromatic N) is 1. The summed E-state index contributed by atoms with van der Waals surface area (Å²) >= 11 is 0. The summed E-state index contributed by atoms with van der Waals surface area (Å²) in [6, 6.07) is 12.5. The summed E-state index contributed by atoms with van der Waals surface area (Å²) in [7, 11) is -0.750. The van der Waals surface area contributed by atoms with E-state index in [-0.39, 0.29) is 24.8 Å². The fourth-order valence-corrected chi connectivity index (χ4v) is 5.72. The van der Waals surface area contributed by atoms with Crippen LogP contribution in [0.25, 0.3) is 0 Å². The van der Waals surface area contributed by atoms with Gasteiger partial charge in [-0.05, 0) is 51.0 Å². The van der Waals surface area contributed by atoms with E-state index in [2.05, 4.69) is 0 Å². The molecule has 0 saturated carbocycles. The number of aliphatic hydroxyl groups is 1. The Labute approximate surface area is 197 Å². The first-order valence-corrected chi connectivity index (χ1v) is 11.4. The lowest BCUT2D eigenvalue weighted by atomic mass is 9.57. The Morgan fingerprint density at radius 2 is 1.65 bits per heavy atom. The van der Waals surface area contributed by atoms with Gasteiger partial charge in [0, 0.05) is 19.2 Å². The van der Waals surface area contributed by atoms with Crippen LogP contribution in [0.1, 0.15) is 57.2 Å². The lowest BCUT2D eigenvalue weighted by molar-refractivity contribution is -0.137. The van der Waals surface area contributed by atoms with Gasteiger partial charge in [0.1, 0.15) is 0 Å². The summed E-state index contributed by atoms with van der Waals surface area (Å²) in [4.78, 5) is 14.1. The van der Waals surface area contributed by atoms with Crippen LogP contribution in [-0.2, 0) is 25.7 Å². The molecule has 2 fully saturated rings. The van der Waals surface area contributed by atoms with Crippen molar-refractivity contribution in [2.45, 2.75) is 75.4 Å². The highest BCUT2D eigenvalue weighted by molar-refractivity contribution is 6.46. The lowest BCUT2D eigenvalue weighted by Crippen LogP contribution is -2.57. The minimum atomic E-state index is -4.58. The zero-order valence-corrected chi connectivity index (χ0v) is 19.6. The molecule has 2 aromatic rings. The molecule has 9 heteroatoms. The molecule has 0 radical (unpaired) electrons. The van der Waals surface area contributed by atoms with Crippen molar-refractivity contribution in [2.75, 3.05) is 4.90 Å². The van der Waals surface area contributed by atoms with Gasteiger partial charge in [-0.3, -0.25) is 9.69 Å². The molecule has 0 bridgehead atoms. The molecule has 34 heavy (non-hydrogen) atoms. The quantitative estimate of drug-likeness (QED) is 0.644. The second kappa shape index (κ2) is 7.09. The first kappa shape index (κ1) is 23.4. The van der Waals surface area contributed by atoms with Crippen molar-refractivity contribution in [3.8, 4) is 0 Å². The molecule has 0 aromatic heterocycles. The van der Waals surface area contributed by atoms with Gasteiger partial charge in [0.2, 0.25) is 5.91 Å². The maximum atomic E-state index is 13.6. The van der Waals surface area contributed by atoms with Gasteiger partial charge in [-0.15, -0.1) is 0 Å². The highest BCUT2D eigenvalue weighted by Crippen LogP contribution is 2.62. The number of carbonyl (C=O) groups is 1. The number of alkyl halides is 3. The van der Waals surface area contributed by atoms with E-state index in [0.29, 0.717) is 11.1 Å². The molecule has 5 nitrogen and oxygen atoms in total. The highest BCUT2D eigenvalue weighted by atomic mass is 19.4. The van der Waals surface area contributed by atoms with E-state index in [9.17, 15) is 23.1 Å². The van der Waals surface area contributed by atoms with E-state index in [0.717, 1.165) is 17.0 Å². The molecule has 0 unspecified atom stereocenters. The molecule has 180 valence electrons. The number of hydrogen-bond acceptors (Lipinski definition) is 4. The van der Waals surface area contributed by atoms with Gasteiger partial charge in [-0.25, -0.2) is 0 Å². The van der Waals surface area contributed by atoms with Gasteiger partial charge in [0.25, 0.3) is 0 Å². The van der Waals surface area contributed by atoms with E-state index in [4.69, 9.17) is 9.31 Å². The third-order valence-corrected chi connectivity index (χ3v) is 8.06. The fraction of sp³-hybridized carbons (Fsp3) is 0.480. The maximum absolute atomic E-state index is 13.6. The Bertz CT molecular complexity index is 1140. The van der Waals surface area contributed by atoms with Crippen LogP contribution < -0.4 is 4.90 Å². The average Bonchev–Trinajstić information content (AvgIpc) is 3.25. The zero-order valence-electron chi connectivity index (χ0n) is 19.6. The van der Waals surface area contributed by atoms with Crippen molar-refractivity contribution in [1.29, 1.82) is 0 Å². The molecule has 3 aliphatic heterocycles. The van der Waals surface area contributed by atoms with Crippen molar-refractivity contribution < 1.29 is 32.4 Å². The topological polar surface area (TPSA) is 59.0 Å². The largest absolute Gasteiger partial charge is 0.459 e. The fourth-order valence-electron chi connectivity index (χ4n) is 5.72. The molecule has 2 atom stereocenters. The van der Waals surface area contributed by atoms with Crippen LogP contribution in [-0.4, -0.2) is 35.1 Å². The Balaban J connectivity index is 1.75. The van der Waals surface area contributed by atoms with Gasteiger partial charge in [0.05, 0.1) is 27.9 Å². The Kier molecular flexibility index (Phi) is 4.88. The van der Waals surface area contributed by atoms with E-state index >= 15 is 0 Å². The molecule has 0 spiro atoms. The van der Waals surface area contributed by atoms with Gasteiger partial charge < -0.3 is 14.4 Å². The number of anilines is 1. The zero-order chi connectivity index (χ0) is 24.7. The standard InChI is InChI=1S/C25H27BF3NO4/c1-21(2)22(3,4)34-26(33-21)15-23(16-8-6-5-7-9-16)18-11-10-17(25(27,28)29)14-19(18)30-20(31)12-13-24(23,30)32/h5-11,14,32H,12-13,15H2,1-4H3/t23-,24-/m0/s1. The van der Waals surface area contributed by atoms with Gasteiger partial charge >= 0.3 is 13.3 Å². The lowest BCUT2D eigenvalue weighted by Gasteiger charge is -2.43. The summed E-state index contributed by atoms with van der Waals surface area (Å²) < 4.78 is 53.3. The predicted octanol–water partition coefficient (Wildman–Crippen LogP) is 4.91. The van der Waals surface area contributed by atoms with Crippen molar-refractivity contribution in [2.24, 2.45) is 0 Å². The Morgan fingerprint density at radius 1 is 1.03 bits per heavy atom. The van der Waals surface area contributed by atoms with Gasteiger partial charge in [0.15, 0.2) is 5.72 Å². The minimum absolute atomic E-state index is 0.0319.